The number of nitrogens with one attached hydrogen (secondary N) is 1. The molecule has 0 saturated carbocycles. The van der Waals surface area contributed by atoms with E-state index in [0.29, 0.717) is 21.3 Å². The average Bonchev–Trinajstić information content (AvgIpc) is 2.64. The van der Waals surface area contributed by atoms with Crippen LogP contribution in [0.25, 0.3) is 0 Å². The van der Waals surface area contributed by atoms with E-state index in [-0.39, 0.29) is 11.8 Å². The maximum absolute atomic E-state index is 12.5. The highest BCUT2D eigenvalue weighted by atomic mass is 35.5. The van der Waals surface area contributed by atoms with Crippen LogP contribution in [-0.4, -0.2) is 24.0 Å². The van der Waals surface area contributed by atoms with Gasteiger partial charge in [-0.15, -0.1) is 0 Å². The SMILES string of the molecule is N#Cc1ccc(N2CCC(C(=O)Nc3ccc(Cl)cc3Cl)CC2)nc1. The molecular weight excluding hydrogens is 359 g/mol. The minimum Gasteiger partial charge on any atom is -0.357 e. The minimum atomic E-state index is -0.0682. The van der Waals surface area contributed by atoms with Gasteiger partial charge < -0.3 is 10.2 Å². The summed E-state index contributed by atoms with van der Waals surface area (Å²) in [5.74, 6) is 0.733. The molecule has 0 unspecified atom stereocenters. The molecule has 0 aliphatic carbocycles. The summed E-state index contributed by atoms with van der Waals surface area (Å²) < 4.78 is 0. The molecule has 128 valence electrons. The standard InChI is InChI=1S/C18H16Cl2N4O/c19-14-2-3-16(15(20)9-14)23-18(25)13-5-7-24(8-6-13)17-4-1-12(10-21)11-22-17/h1-4,9,11,13H,5-8H2,(H,23,25). The number of anilines is 2. The topological polar surface area (TPSA) is 69.0 Å². The highest BCUT2D eigenvalue weighted by Crippen LogP contribution is 2.28. The monoisotopic (exact) mass is 374 g/mol. The minimum absolute atomic E-state index is 0.0309. The summed E-state index contributed by atoms with van der Waals surface area (Å²) in [6.45, 7) is 1.48. The Kier molecular flexibility index (Phi) is 5.42. The molecule has 1 aromatic heterocycles. The number of aromatic nitrogens is 1. The second kappa shape index (κ2) is 7.73. The summed E-state index contributed by atoms with van der Waals surface area (Å²) in [6, 6.07) is 10.7. The normalized spacial score (nSPS) is 14.8. The van der Waals surface area contributed by atoms with Crippen LogP contribution in [-0.2, 0) is 4.79 Å². The van der Waals surface area contributed by atoms with Crippen molar-refractivity contribution in [2.24, 2.45) is 5.92 Å². The van der Waals surface area contributed by atoms with Crippen LogP contribution in [0, 0.1) is 17.2 Å². The zero-order valence-corrected chi connectivity index (χ0v) is 14.9. The van der Waals surface area contributed by atoms with Gasteiger partial charge in [0, 0.05) is 30.2 Å². The largest absolute Gasteiger partial charge is 0.357 e. The van der Waals surface area contributed by atoms with Crippen LogP contribution in [0.4, 0.5) is 11.5 Å². The Labute approximate surface area is 156 Å². The fourth-order valence-corrected chi connectivity index (χ4v) is 3.29. The molecule has 0 atom stereocenters. The molecule has 2 heterocycles. The molecule has 1 amide bonds. The van der Waals surface area contributed by atoms with Crippen molar-refractivity contribution in [2.75, 3.05) is 23.3 Å². The maximum Gasteiger partial charge on any atom is 0.227 e. The van der Waals surface area contributed by atoms with Gasteiger partial charge in [0.1, 0.15) is 11.9 Å². The number of carbonyl (C=O) groups excluding carboxylic acids is 1. The van der Waals surface area contributed by atoms with E-state index in [2.05, 4.69) is 21.3 Å². The number of nitriles is 1. The summed E-state index contributed by atoms with van der Waals surface area (Å²) in [6.07, 6.45) is 3.04. The second-order valence-electron chi connectivity index (χ2n) is 5.89. The Morgan fingerprint density at radius 1 is 1.24 bits per heavy atom. The Balaban J connectivity index is 1.57. The molecule has 7 heteroatoms. The molecule has 1 N–H and O–H groups in total. The van der Waals surface area contributed by atoms with Gasteiger partial charge in [-0.05, 0) is 43.2 Å². The van der Waals surface area contributed by atoms with Crippen LogP contribution >= 0.6 is 23.2 Å². The molecule has 0 radical (unpaired) electrons. The number of carbonyl (C=O) groups is 1. The van der Waals surface area contributed by atoms with Gasteiger partial charge in [-0.3, -0.25) is 4.79 Å². The number of hydrogen-bond acceptors (Lipinski definition) is 4. The zero-order valence-electron chi connectivity index (χ0n) is 13.4. The molecule has 5 nitrogen and oxygen atoms in total. The van der Waals surface area contributed by atoms with Crippen LogP contribution in [0.15, 0.2) is 36.5 Å². The molecule has 1 aromatic carbocycles. The molecule has 0 spiro atoms. The van der Waals surface area contributed by atoms with Crippen molar-refractivity contribution < 1.29 is 4.79 Å². The lowest BCUT2D eigenvalue weighted by molar-refractivity contribution is -0.120. The maximum atomic E-state index is 12.5. The summed E-state index contributed by atoms with van der Waals surface area (Å²) in [5.41, 5.74) is 1.12. The van der Waals surface area contributed by atoms with E-state index < -0.39 is 0 Å². The summed E-state index contributed by atoms with van der Waals surface area (Å²) in [4.78, 5) is 18.9. The molecule has 25 heavy (non-hydrogen) atoms. The smallest absolute Gasteiger partial charge is 0.227 e. The van der Waals surface area contributed by atoms with E-state index in [1.54, 1.807) is 30.5 Å². The quantitative estimate of drug-likeness (QED) is 0.877. The fourth-order valence-electron chi connectivity index (χ4n) is 2.84. The lowest BCUT2D eigenvalue weighted by atomic mass is 9.95. The van der Waals surface area contributed by atoms with Crippen molar-refractivity contribution in [2.45, 2.75) is 12.8 Å². The van der Waals surface area contributed by atoms with Crippen molar-refractivity contribution in [3.05, 3.63) is 52.1 Å². The number of halogens is 2. The average molecular weight is 375 g/mol. The first-order chi connectivity index (χ1) is 12.1. The van der Waals surface area contributed by atoms with E-state index in [1.165, 1.54) is 0 Å². The first kappa shape index (κ1) is 17.5. The van der Waals surface area contributed by atoms with Crippen LogP contribution in [0.3, 0.4) is 0 Å². The molecule has 1 saturated heterocycles. The van der Waals surface area contributed by atoms with Crippen molar-refractivity contribution in [3.8, 4) is 6.07 Å². The number of hydrogen-bond donors (Lipinski definition) is 1. The van der Waals surface area contributed by atoms with Crippen molar-refractivity contribution in [1.82, 2.24) is 4.98 Å². The van der Waals surface area contributed by atoms with Crippen LogP contribution in [0.5, 0.6) is 0 Å². The third kappa shape index (κ3) is 4.22. The summed E-state index contributed by atoms with van der Waals surface area (Å²) in [5, 5.41) is 12.7. The van der Waals surface area contributed by atoms with Gasteiger partial charge in [0.15, 0.2) is 0 Å². The van der Waals surface area contributed by atoms with Crippen LogP contribution in [0.1, 0.15) is 18.4 Å². The highest BCUT2D eigenvalue weighted by Gasteiger charge is 2.26. The Bertz CT molecular complexity index is 809. The predicted octanol–water partition coefficient (Wildman–Crippen LogP) is 4.12. The number of nitrogens with zero attached hydrogens (tertiary/aromatic N) is 3. The summed E-state index contributed by atoms with van der Waals surface area (Å²) >= 11 is 12.0. The van der Waals surface area contributed by atoms with Gasteiger partial charge in [-0.25, -0.2) is 4.98 Å². The number of rotatable bonds is 3. The number of piperidine rings is 1. The Morgan fingerprint density at radius 3 is 2.60 bits per heavy atom. The molecule has 1 fully saturated rings. The zero-order chi connectivity index (χ0) is 17.8. The Hall–Kier alpha value is -2.29. The van der Waals surface area contributed by atoms with Gasteiger partial charge in [0.25, 0.3) is 0 Å². The van der Waals surface area contributed by atoms with Crippen molar-refractivity contribution >= 4 is 40.6 Å². The van der Waals surface area contributed by atoms with Crippen LogP contribution in [0.2, 0.25) is 10.0 Å². The van der Waals surface area contributed by atoms with Crippen LogP contribution < -0.4 is 10.2 Å². The van der Waals surface area contributed by atoms with E-state index in [0.717, 1.165) is 31.7 Å². The molecule has 2 aromatic rings. The van der Waals surface area contributed by atoms with Gasteiger partial charge >= 0.3 is 0 Å². The van der Waals surface area contributed by atoms with E-state index in [1.807, 2.05) is 6.07 Å². The lowest BCUT2D eigenvalue weighted by Crippen LogP contribution is -2.38. The van der Waals surface area contributed by atoms with E-state index in [4.69, 9.17) is 28.5 Å². The third-order valence-electron chi connectivity index (χ3n) is 4.26. The lowest BCUT2D eigenvalue weighted by Gasteiger charge is -2.32. The number of pyridine rings is 1. The van der Waals surface area contributed by atoms with Crippen molar-refractivity contribution in [3.63, 3.8) is 0 Å². The van der Waals surface area contributed by atoms with Gasteiger partial charge in [-0.2, -0.15) is 5.26 Å². The summed E-state index contributed by atoms with van der Waals surface area (Å²) in [7, 11) is 0. The number of amides is 1. The molecule has 1 aliphatic heterocycles. The first-order valence-corrected chi connectivity index (χ1v) is 8.69. The van der Waals surface area contributed by atoms with Gasteiger partial charge in [0.05, 0.1) is 16.3 Å². The first-order valence-electron chi connectivity index (χ1n) is 7.94. The molecule has 3 rings (SSSR count). The Morgan fingerprint density at radius 2 is 2.00 bits per heavy atom. The predicted molar refractivity (Wildman–Crippen MR) is 99.0 cm³/mol. The fraction of sp³-hybridized carbons (Fsp3) is 0.278. The number of benzene rings is 1. The molecule has 0 bridgehead atoms. The van der Waals surface area contributed by atoms with Gasteiger partial charge in [-0.1, -0.05) is 23.2 Å². The van der Waals surface area contributed by atoms with Crippen molar-refractivity contribution in [1.29, 1.82) is 5.26 Å². The third-order valence-corrected chi connectivity index (χ3v) is 4.80. The van der Waals surface area contributed by atoms with E-state index in [9.17, 15) is 4.79 Å². The molecule has 1 aliphatic rings. The molecular formula is C18H16Cl2N4O. The second-order valence-corrected chi connectivity index (χ2v) is 6.74. The highest BCUT2D eigenvalue weighted by molar-refractivity contribution is 6.36. The van der Waals surface area contributed by atoms with E-state index >= 15 is 0 Å². The van der Waals surface area contributed by atoms with Gasteiger partial charge in [0.2, 0.25) is 5.91 Å².